The minimum Gasteiger partial charge on any atom is -0.469 e. The second kappa shape index (κ2) is 7.90. The summed E-state index contributed by atoms with van der Waals surface area (Å²) in [5, 5.41) is 0. The largest absolute Gasteiger partial charge is 0.469 e. The molecule has 0 aliphatic carbocycles. The number of aryl methyl sites for hydroxylation is 1. The van der Waals surface area contributed by atoms with Crippen molar-refractivity contribution >= 4 is 22.0 Å². The molecule has 1 aromatic rings. The zero-order chi connectivity index (χ0) is 16.8. The molecule has 0 aliphatic heterocycles. The first kappa shape index (κ1) is 18.1. The first-order chi connectivity index (χ1) is 10.3. The SMILES string of the molecule is COC(=O)CC[C@@H](NS(=O)(=O)c1ccc(C)cc1)C(=O)OC. The fraction of sp³-hybridized carbons (Fsp3) is 0.429. The van der Waals surface area contributed by atoms with Gasteiger partial charge in [0.15, 0.2) is 0 Å². The molecule has 0 radical (unpaired) electrons. The highest BCUT2D eigenvalue weighted by molar-refractivity contribution is 7.89. The maximum absolute atomic E-state index is 12.3. The summed E-state index contributed by atoms with van der Waals surface area (Å²) in [4.78, 5) is 22.9. The maximum Gasteiger partial charge on any atom is 0.323 e. The summed E-state index contributed by atoms with van der Waals surface area (Å²) in [6, 6.07) is 5.01. The molecule has 0 aromatic heterocycles. The third-order valence-electron chi connectivity index (χ3n) is 2.98. The van der Waals surface area contributed by atoms with Gasteiger partial charge >= 0.3 is 11.9 Å². The van der Waals surface area contributed by atoms with Crippen molar-refractivity contribution in [3.63, 3.8) is 0 Å². The van der Waals surface area contributed by atoms with E-state index < -0.39 is 28.0 Å². The summed E-state index contributed by atoms with van der Waals surface area (Å²) in [6.45, 7) is 1.83. The monoisotopic (exact) mass is 329 g/mol. The van der Waals surface area contributed by atoms with Gasteiger partial charge in [-0.3, -0.25) is 9.59 Å². The number of hydrogen-bond acceptors (Lipinski definition) is 6. The van der Waals surface area contributed by atoms with Crippen molar-refractivity contribution in [2.75, 3.05) is 14.2 Å². The average molecular weight is 329 g/mol. The van der Waals surface area contributed by atoms with Gasteiger partial charge in [-0.25, -0.2) is 8.42 Å². The summed E-state index contributed by atoms with van der Waals surface area (Å²) in [7, 11) is -1.53. The van der Waals surface area contributed by atoms with Crippen LogP contribution in [0.3, 0.4) is 0 Å². The lowest BCUT2D eigenvalue weighted by Gasteiger charge is -2.16. The molecule has 0 aliphatic rings. The lowest BCUT2D eigenvalue weighted by molar-refractivity contribution is -0.144. The highest BCUT2D eigenvalue weighted by atomic mass is 32.2. The summed E-state index contributed by atoms with van der Waals surface area (Å²) in [5.41, 5.74) is 0.911. The van der Waals surface area contributed by atoms with Crippen LogP contribution in [-0.4, -0.2) is 40.6 Å². The minimum absolute atomic E-state index is 0.0325. The van der Waals surface area contributed by atoms with E-state index in [1.54, 1.807) is 12.1 Å². The molecule has 1 atom stereocenters. The van der Waals surface area contributed by atoms with Gasteiger partial charge in [0, 0.05) is 6.42 Å². The highest BCUT2D eigenvalue weighted by Crippen LogP contribution is 2.12. The van der Waals surface area contributed by atoms with Crippen LogP contribution in [0.5, 0.6) is 0 Å². The van der Waals surface area contributed by atoms with Gasteiger partial charge in [0.2, 0.25) is 10.0 Å². The molecular formula is C14H19NO6S. The standard InChI is InChI=1S/C14H19NO6S/c1-10-4-6-11(7-5-10)22(18,19)15-12(14(17)21-3)8-9-13(16)20-2/h4-7,12,15H,8-9H2,1-3H3/t12-/m1/s1. The smallest absolute Gasteiger partial charge is 0.323 e. The zero-order valence-electron chi connectivity index (χ0n) is 12.7. The average Bonchev–Trinajstić information content (AvgIpc) is 2.50. The van der Waals surface area contributed by atoms with Crippen molar-refractivity contribution in [2.24, 2.45) is 0 Å². The van der Waals surface area contributed by atoms with Gasteiger partial charge in [-0.1, -0.05) is 17.7 Å². The van der Waals surface area contributed by atoms with Gasteiger partial charge in [0.1, 0.15) is 6.04 Å². The Morgan fingerprint density at radius 1 is 1.14 bits per heavy atom. The second-order valence-electron chi connectivity index (χ2n) is 4.62. The number of carbonyl (C=O) groups excluding carboxylic acids is 2. The van der Waals surface area contributed by atoms with Crippen molar-refractivity contribution < 1.29 is 27.5 Å². The second-order valence-corrected chi connectivity index (χ2v) is 6.34. The first-order valence-corrected chi connectivity index (χ1v) is 8.02. The number of esters is 2. The van der Waals surface area contributed by atoms with E-state index in [4.69, 9.17) is 0 Å². The molecule has 0 saturated heterocycles. The molecule has 0 heterocycles. The Hall–Kier alpha value is -1.93. The molecule has 8 heteroatoms. The molecule has 1 rings (SSSR count). The molecule has 0 bridgehead atoms. The molecule has 1 aromatic carbocycles. The van der Waals surface area contributed by atoms with Crippen LogP contribution in [0.2, 0.25) is 0 Å². The molecule has 0 spiro atoms. The van der Waals surface area contributed by atoms with Gasteiger partial charge in [-0.2, -0.15) is 4.72 Å². The number of sulfonamides is 1. The predicted molar refractivity (Wildman–Crippen MR) is 78.6 cm³/mol. The Bertz CT molecular complexity index is 623. The maximum atomic E-state index is 12.3. The number of hydrogen-bond donors (Lipinski definition) is 1. The lowest BCUT2D eigenvalue weighted by Crippen LogP contribution is -2.41. The van der Waals surface area contributed by atoms with Gasteiger partial charge < -0.3 is 9.47 Å². The summed E-state index contributed by atoms with van der Waals surface area (Å²) < 4.78 is 35.8. The number of methoxy groups -OCH3 is 2. The molecule has 0 fully saturated rings. The Balaban J connectivity index is 2.89. The molecular weight excluding hydrogens is 310 g/mol. The van der Waals surface area contributed by atoms with Crippen LogP contribution in [0.4, 0.5) is 0 Å². The van der Waals surface area contributed by atoms with E-state index >= 15 is 0 Å². The van der Waals surface area contributed by atoms with Crippen LogP contribution in [0, 0.1) is 6.92 Å². The molecule has 0 saturated carbocycles. The number of carbonyl (C=O) groups is 2. The van der Waals surface area contributed by atoms with E-state index in [0.29, 0.717) is 0 Å². The molecule has 1 N–H and O–H groups in total. The van der Waals surface area contributed by atoms with Crippen LogP contribution in [0.25, 0.3) is 0 Å². The van der Waals surface area contributed by atoms with Gasteiger partial charge in [0.05, 0.1) is 19.1 Å². The fourth-order valence-corrected chi connectivity index (χ4v) is 2.92. The van der Waals surface area contributed by atoms with E-state index in [2.05, 4.69) is 14.2 Å². The van der Waals surface area contributed by atoms with Crippen LogP contribution in [-0.2, 0) is 29.1 Å². The third kappa shape index (κ3) is 5.12. The molecule has 22 heavy (non-hydrogen) atoms. The van der Waals surface area contributed by atoms with Crippen molar-refractivity contribution in [1.82, 2.24) is 4.72 Å². The van der Waals surface area contributed by atoms with Crippen LogP contribution in [0.1, 0.15) is 18.4 Å². The Morgan fingerprint density at radius 3 is 2.23 bits per heavy atom. The van der Waals surface area contributed by atoms with Crippen molar-refractivity contribution in [3.8, 4) is 0 Å². The van der Waals surface area contributed by atoms with E-state index in [1.165, 1.54) is 19.2 Å². The lowest BCUT2D eigenvalue weighted by atomic mass is 10.2. The Labute approximate surface area is 129 Å². The predicted octanol–water partition coefficient (Wildman–Crippen LogP) is 0.768. The van der Waals surface area contributed by atoms with Gasteiger partial charge in [0.25, 0.3) is 0 Å². The summed E-state index contributed by atoms with van der Waals surface area (Å²) >= 11 is 0. The number of nitrogens with one attached hydrogen (secondary N) is 1. The van der Waals surface area contributed by atoms with E-state index in [1.807, 2.05) is 6.92 Å². The number of rotatable bonds is 7. The van der Waals surface area contributed by atoms with Crippen LogP contribution < -0.4 is 4.72 Å². The summed E-state index contributed by atoms with van der Waals surface area (Å²) in [6.07, 6.45) is -0.156. The van der Waals surface area contributed by atoms with Gasteiger partial charge in [-0.05, 0) is 25.5 Å². The fourth-order valence-electron chi connectivity index (χ4n) is 1.70. The first-order valence-electron chi connectivity index (χ1n) is 6.54. The van der Waals surface area contributed by atoms with E-state index in [9.17, 15) is 18.0 Å². The van der Waals surface area contributed by atoms with Crippen LogP contribution in [0.15, 0.2) is 29.2 Å². The number of ether oxygens (including phenoxy) is 2. The number of benzene rings is 1. The summed E-state index contributed by atoms with van der Waals surface area (Å²) in [5.74, 6) is -1.30. The van der Waals surface area contributed by atoms with E-state index in [0.717, 1.165) is 12.7 Å². The van der Waals surface area contributed by atoms with Gasteiger partial charge in [-0.15, -0.1) is 0 Å². The topological polar surface area (TPSA) is 98.8 Å². The highest BCUT2D eigenvalue weighted by Gasteiger charge is 2.27. The zero-order valence-corrected chi connectivity index (χ0v) is 13.5. The Morgan fingerprint density at radius 2 is 1.73 bits per heavy atom. The van der Waals surface area contributed by atoms with E-state index in [-0.39, 0.29) is 17.7 Å². The molecule has 122 valence electrons. The normalized spacial score (nSPS) is 12.5. The van der Waals surface area contributed by atoms with Crippen molar-refractivity contribution in [3.05, 3.63) is 29.8 Å². The minimum atomic E-state index is -3.89. The van der Waals surface area contributed by atoms with Crippen molar-refractivity contribution in [1.29, 1.82) is 0 Å². The Kier molecular flexibility index (Phi) is 6.51. The quantitative estimate of drug-likeness (QED) is 0.742. The van der Waals surface area contributed by atoms with Crippen LogP contribution >= 0.6 is 0 Å². The molecule has 7 nitrogen and oxygen atoms in total. The third-order valence-corrected chi connectivity index (χ3v) is 4.47. The van der Waals surface area contributed by atoms with Crippen molar-refractivity contribution in [2.45, 2.75) is 30.7 Å². The molecule has 0 amide bonds. The molecule has 0 unspecified atom stereocenters.